The van der Waals surface area contributed by atoms with Gasteiger partial charge in [0.2, 0.25) is 10.0 Å². The third-order valence-electron chi connectivity index (χ3n) is 4.48. The molecule has 0 amide bonds. The Morgan fingerprint density at radius 1 is 0.966 bits per heavy atom. The standard InChI is InChI=1S/C22H22N2O4S/c1-16(18-10-6-3-7-11-18)24-29(27,28)21-14-19(22(25)26)12-13-20(21)23-15-17-8-4-2-5-9-17/h2-14,16,23-24H,15H2,1H3,(H,25,26)/t16-/m1/s1. The maximum atomic E-state index is 13.1. The molecule has 0 unspecified atom stereocenters. The lowest BCUT2D eigenvalue weighted by Gasteiger charge is -2.18. The summed E-state index contributed by atoms with van der Waals surface area (Å²) in [6.45, 7) is 2.15. The van der Waals surface area contributed by atoms with Crippen LogP contribution in [0, 0.1) is 0 Å². The number of nitrogens with one attached hydrogen (secondary N) is 2. The highest BCUT2D eigenvalue weighted by Crippen LogP contribution is 2.26. The number of benzene rings is 3. The van der Waals surface area contributed by atoms with Crippen LogP contribution in [0.1, 0.15) is 34.5 Å². The zero-order valence-electron chi connectivity index (χ0n) is 15.9. The number of carboxylic acids is 1. The molecule has 3 N–H and O–H groups in total. The van der Waals surface area contributed by atoms with Gasteiger partial charge in [0.15, 0.2) is 0 Å². The number of anilines is 1. The summed E-state index contributed by atoms with van der Waals surface area (Å²) in [6, 6.07) is 22.3. The molecule has 29 heavy (non-hydrogen) atoms. The molecule has 0 spiro atoms. The second kappa shape index (κ2) is 8.89. The van der Waals surface area contributed by atoms with E-state index in [1.807, 2.05) is 60.7 Å². The maximum Gasteiger partial charge on any atom is 0.335 e. The minimum atomic E-state index is -3.97. The molecule has 0 aliphatic rings. The summed E-state index contributed by atoms with van der Waals surface area (Å²) in [5.74, 6) is -1.19. The summed E-state index contributed by atoms with van der Waals surface area (Å²) in [5.41, 5.74) is 2.03. The highest BCUT2D eigenvalue weighted by atomic mass is 32.2. The van der Waals surface area contributed by atoms with Crippen molar-refractivity contribution in [3.8, 4) is 0 Å². The van der Waals surface area contributed by atoms with Crippen LogP contribution in [-0.4, -0.2) is 19.5 Å². The van der Waals surface area contributed by atoms with E-state index < -0.39 is 22.0 Å². The maximum absolute atomic E-state index is 13.1. The predicted molar refractivity (Wildman–Crippen MR) is 112 cm³/mol. The Morgan fingerprint density at radius 2 is 1.59 bits per heavy atom. The van der Waals surface area contributed by atoms with Crippen molar-refractivity contribution in [2.24, 2.45) is 0 Å². The van der Waals surface area contributed by atoms with Gasteiger partial charge < -0.3 is 10.4 Å². The molecule has 0 aromatic heterocycles. The average Bonchev–Trinajstić information content (AvgIpc) is 2.73. The molecule has 6 nitrogen and oxygen atoms in total. The number of carbonyl (C=O) groups is 1. The first kappa shape index (κ1) is 20.6. The van der Waals surface area contributed by atoms with Gasteiger partial charge in [-0.15, -0.1) is 0 Å². The van der Waals surface area contributed by atoms with Gasteiger partial charge in [-0.25, -0.2) is 17.9 Å². The molecule has 150 valence electrons. The topological polar surface area (TPSA) is 95.5 Å². The zero-order chi connectivity index (χ0) is 20.9. The lowest BCUT2D eigenvalue weighted by atomic mass is 10.1. The van der Waals surface area contributed by atoms with Gasteiger partial charge in [-0.3, -0.25) is 0 Å². The normalized spacial score (nSPS) is 12.3. The van der Waals surface area contributed by atoms with Gasteiger partial charge >= 0.3 is 5.97 Å². The van der Waals surface area contributed by atoms with E-state index in [4.69, 9.17) is 0 Å². The summed E-state index contributed by atoms with van der Waals surface area (Å²) in [6.07, 6.45) is 0. The molecule has 3 aromatic rings. The quantitative estimate of drug-likeness (QED) is 0.521. The molecule has 0 radical (unpaired) electrons. The van der Waals surface area contributed by atoms with Crippen molar-refractivity contribution in [1.82, 2.24) is 4.72 Å². The highest BCUT2D eigenvalue weighted by Gasteiger charge is 2.23. The summed E-state index contributed by atoms with van der Waals surface area (Å²) in [5, 5.41) is 12.4. The van der Waals surface area contributed by atoms with Crippen LogP contribution in [0.3, 0.4) is 0 Å². The minimum Gasteiger partial charge on any atom is -0.478 e. The van der Waals surface area contributed by atoms with E-state index in [9.17, 15) is 18.3 Å². The first-order valence-electron chi connectivity index (χ1n) is 9.09. The summed E-state index contributed by atoms with van der Waals surface area (Å²) in [4.78, 5) is 11.3. The van der Waals surface area contributed by atoms with Crippen molar-refractivity contribution < 1.29 is 18.3 Å². The molecule has 0 saturated heterocycles. The van der Waals surface area contributed by atoms with Crippen LogP contribution in [-0.2, 0) is 16.6 Å². The summed E-state index contributed by atoms with van der Waals surface area (Å²) in [7, 11) is -3.97. The molecule has 1 atom stereocenters. The van der Waals surface area contributed by atoms with E-state index in [-0.39, 0.29) is 10.5 Å². The van der Waals surface area contributed by atoms with E-state index in [0.717, 1.165) is 11.1 Å². The van der Waals surface area contributed by atoms with E-state index in [2.05, 4.69) is 10.0 Å². The Hall–Kier alpha value is -3.16. The molecular formula is C22H22N2O4S. The van der Waals surface area contributed by atoms with E-state index in [1.165, 1.54) is 18.2 Å². The largest absolute Gasteiger partial charge is 0.478 e. The Kier molecular flexibility index (Phi) is 6.31. The zero-order valence-corrected chi connectivity index (χ0v) is 16.7. The third kappa shape index (κ3) is 5.22. The van der Waals surface area contributed by atoms with Crippen LogP contribution in [0.4, 0.5) is 5.69 Å². The monoisotopic (exact) mass is 410 g/mol. The molecule has 0 aliphatic carbocycles. The fourth-order valence-electron chi connectivity index (χ4n) is 2.92. The Labute approximate surface area is 170 Å². The van der Waals surface area contributed by atoms with Crippen molar-refractivity contribution in [3.63, 3.8) is 0 Å². The van der Waals surface area contributed by atoms with Gasteiger partial charge in [0, 0.05) is 12.6 Å². The number of hydrogen-bond acceptors (Lipinski definition) is 4. The van der Waals surface area contributed by atoms with Crippen molar-refractivity contribution >= 4 is 21.7 Å². The van der Waals surface area contributed by atoms with E-state index >= 15 is 0 Å². The van der Waals surface area contributed by atoms with Gasteiger partial charge in [-0.2, -0.15) is 0 Å². The lowest BCUT2D eigenvalue weighted by molar-refractivity contribution is 0.0696. The molecule has 3 rings (SSSR count). The third-order valence-corrected chi connectivity index (χ3v) is 6.06. The van der Waals surface area contributed by atoms with Crippen molar-refractivity contribution in [2.45, 2.75) is 24.4 Å². The number of rotatable bonds is 8. The van der Waals surface area contributed by atoms with Gasteiger partial charge in [-0.05, 0) is 36.2 Å². The van der Waals surface area contributed by atoms with Crippen molar-refractivity contribution in [3.05, 3.63) is 95.6 Å². The van der Waals surface area contributed by atoms with Crippen LogP contribution < -0.4 is 10.0 Å². The fraction of sp³-hybridized carbons (Fsp3) is 0.136. The second-order valence-corrected chi connectivity index (χ2v) is 8.29. The molecule has 3 aromatic carbocycles. The van der Waals surface area contributed by atoms with Gasteiger partial charge in [0.05, 0.1) is 11.3 Å². The van der Waals surface area contributed by atoms with Crippen molar-refractivity contribution in [1.29, 1.82) is 0 Å². The SMILES string of the molecule is C[C@@H](NS(=O)(=O)c1cc(C(=O)O)ccc1NCc1ccccc1)c1ccccc1. The lowest BCUT2D eigenvalue weighted by Crippen LogP contribution is -2.28. The Bertz CT molecular complexity index is 1080. The van der Waals surface area contributed by atoms with Gasteiger partial charge in [-0.1, -0.05) is 60.7 Å². The molecular weight excluding hydrogens is 388 g/mol. The molecule has 0 saturated carbocycles. The number of hydrogen-bond donors (Lipinski definition) is 3. The first-order valence-corrected chi connectivity index (χ1v) is 10.6. The fourth-order valence-corrected chi connectivity index (χ4v) is 4.36. The van der Waals surface area contributed by atoms with Gasteiger partial charge in [0.1, 0.15) is 4.90 Å². The Morgan fingerprint density at radius 3 is 2.21 bits per heavy atom. The molecule has 0 aliphatic heterocycles. The molecule has 0 bridgehead atoms. The average molecular weight is 410 g/mol. The second-order valence-electron chi connectivity index (χ2n) is 6.61. The summed E-state index contributed by atoms with van der Waals surface area (Å²) < 4.78 is 28.8. The van der Waals surface area contributed by atoms with E-state index in [1.54, 1.807) is 6.92 Å². The summed E-state index contributed by atoms with van der Waals surface area (Å²) >= 11 is 0. The molecule has 0 heterocycles. The van der Waals surface area contributed by atoms with Crippen LogP contribution in [0.25, 0.3) is 0 Å². The number of carboxylic acid groups (broad SMARTS) is 1. The van der Waals surface area contributed by atoms with Crippen LogP contribution in [0.2, 0.25) is 0 Å². The first-order chi connectivity index (χ1) is 13.9. The highest BCUT2D eigenvalue weighted by molar-refractivity contribution is 7.89. The smallest absolute Gasteiger partial charge is 0.335 e. The number of aromatic carboxylic acids is 1. The van der Waals surface area contributed by atoms with Crippen LogP contribution in [0.15, 0.2) is 83.8 Å². The van der Waals surface area contributed by atoms with Crippen molar-refractivity contribution in [2.75, 3.05) is 5.32 Å². The van der Waals surface area contributed by atoms with Gasteiger partial charge in [0.25, 0.3) is 0 Å². The minimum absolute atomic E-state index is 0.0944. The predicted octanol–water partition coefficient (Wildman–Crippen LogP) is 4.04. The van der Waals surface area contributed by atoms with Crippen LogP contribution >= 0.6 is 0 Å². The number of sulfonamides is 1. The van der Waals surface area contributed by atoms with E-state index in [0.29, 0.717) is 12.2 Å². The molecule has 0 fully saturated rings. The Balaban J connectivity index is 1.91. The van der Waals surface area contributed by atoms with Crippen LogP contribution in [0.5, 0.6) is 0 Å². The molecule has 7 heteroatoms.